The van der Waals surface area contributed by atoms with Crippen molar-refractivity contribution < 1.29 is 0 Å². The molecule has 1 heterocycles. The number of fused-ring (bicyclic) bond motifs is 1. The lowest BCUT2D eigenvalue weighted by molar-refractivity contribution is 0.777. The summed E-state index contributed by atoms with van der Waals surface area (Å²) in [5, 5.41) is 2.48. The molecule has 0 atom stereocenters. The second kappa shape index (κ2) is 2.80. The van der Waals surface area contributed by atoms with Gasteiger partial charge in [-0.3, -0.25) is 4.68 Å². The molecule has 0 aliphatic heterocycles. The number of nitrogen functional groups attached to an aromatic ring is 1. The number of aromatic nitrogens is 1. The summed E-state index contributed by atoms with van der Waals surface area (Å²) in [4.78, 5) is 0. The van der Waals surface area contributed by atoms with E-state index in [2.05, 4.69) is 26.0 Å². The molecule has 0 unspecified atom stereocenters. The standard InChI is InChI=1S/C11H14N2/c1-8(2)11-10-6-4-3-5-9(10)7-13(11)12/h3-8H,12H2,1-2H3. The number of nitrogens with two attached hydrogens (primary N) is 1. The Balaban J connectivity index is 2.78. The molecular formula is C11H14N2. The second-order valence-corrected chi connectivity index (χ2v) is 3.66. The Hall–Kier alpha value is -1.44. The van der Waals surface area contributed by atoms with Gasteiger partial charge in [-0.1, -0.05) is 38.1 Å². The summed E-state index contributed by atoms with van der Waals surface area (Å²) in [6, 6.07) is 8.29. The van der Waals surface area contributed by atoms with E-state index in [1.807, 2.05) is 18.3 Å². The summed E-state index contributed by atoms with van der Waals surface area (Å²) in [5.41, 5.74) is 1.20. The van der Waals surface area contributed by atoms with Crippen LogP contribution in [0, 0.1) is 0 Å². The number of hydrogen-bond acceptors (Lipinski definition) is 1. The van der Waals surface area contributed by atoms with Crippen LogP contribution in [0.15, 0.2) is 30.5 Å². The van der Waals surface area contributed by atoms with Gasteiger partial charge < -0.3 is 5.84 Å². The zero-order chi connectivity index (χ0) is 9.42. The van der Waals surface area contributed by atoms with Crippen LogP contribution in [0.3, 0.4) is 0 Å². The van der Waals surface area contributed by atoms with Crippen molar-refractivity contribution in [1.29, 1.82) is 0 Å². The maximum Gasteiger partial charge on any atom is 0.0495 e. The third-order valence-electron chi connectivity index (χ3n) is 2.34. The highest BCUT2D eigenvalue weighted by molar-refractivity contribution is 5.86. The number of hydrogen-bond donors (Lipinski definition) is 1. The van der Waals surface area contributed by atoms with E-state index >= 15 is 0 Å². The molecule has 2 N–H and O–H groups in total. The van der Waals surface area contributed by atoms with Crippen LogP contribution in [0.5, 0.6) is 0 Å². The first-order valence-corrected chi connectivity index (χ1v) is 4.55. The molecule has 0 fully saturated rings. The van der Waals surface area contributed by atoms with Crippen LogP contribution in [-0.4, -0.2) is 4.68 Å². The van der Waals surface area contributed by atoms with Gasteiger partial charge >= 0.3 is 0 Å². The summed E-state index contributed by atoms with van der Waals surface area (Å²) in [6.45, 7) is 4.32. The van der Waals surface area contributed by atoms with Crippen molar-refractivity contribution in [2.75, 3.05) is 5.84 Å². The summed E-state index contributed by atoms with van der Waals surface area (Å²) in [5.74, 6) is 6.33. The van der Waals surface area contributed by atoms with Gasteiger partial charge in [0.1, 0.15) is 0 Å². The van der Waals surface area contributed by atoms with Crippen molar-refractivity contribution >= 4 is 10.8 Å². The van der Waals surface area contributed by atoms with E-state index in [4.69, 9.17) is 5.84 Å². The fourth-order valence-corrected chi connectivity index (χ4v) is 1.81. The van der Waals surface area contributed by atoms with Crippen molar-refractivity contribution in [2.45, 2.75) is 19.8 Å². The van der Waals surface area contributed by atoms with Crippen LogP contribution in [0.25, 0.3) is 10.8 Å². The van der Waals surface area contributed by atoms with Gasteiger partial charge in [-0.15, -0.1) is 0 Å². The van der Waals surface area contributed by atoms with Crippen molar-refractivity contribution in [1.82, 2.24) is 4.68 Å². The van der Waals surface area contributed by atoms with Gasteiger partial charge in [0.05, 0.1) is 0 Å². The summed E-state index contributed by atoms with van der Waals surface area (Å²) < 4.78 is 1.73. The van der Waals surface area contributed by atoms with E-state index in [0.29, 0.717) is 5.92 Å². The molecule has 1 aromatic carbocycles. The lowest BCUT2D eigenvalue weighted by Gasteiger charge is -2.06. The first-order valence-electron chi connectivity index (χ1n) is 4.55. The van der Waals surface area contributed by atoms with Crippen LogP contribution in [0.4, 0.5) is 0 Å². The molecule has 0 radical (unpaired) electrons. The molecule has 1 aromatic heterocycles. The zero-order valence-electron chi connectivity index (χ0n) is 7.99. The summed E-state index contributed by atoms with van der Waals surface area (Å²) >= 11 is 0. The normalized spacial score (nSPS) is 11.3. The maximum absolute atomic E-state index is 5.87. The summed E-state index contributed by atoms with van der Waals surface area (Å²) in [7, 11) is 0. The molecule has 0 saturated carbocycles. The molecule has 2 nitrogen and oxygen atoms in total. The average Bonchev–Trinajstić information content (AvgIpc) is 2.39. The monoisotopic (exact) mass is 174 g/mol. The van der Waals surface area contributed by atoms with Crippen LogP contribution < -0.4 is 5.84 Å². The lowest BCUT2D eigenvalue weighted by Crippen LogP contribution is -2.11. The van der Waals surface area contributed by atoms with Gasteiger partial charge in [-0.05, 0) is 5.92 Å². The van der Waals surface area contributed by atoms with Crippen molar-refractivity contribution in [2.24, 2.45) is 0 Å². The fourth-order valence-electron chi connectivity index (χ4n) is 1.81. The molecular weight excluding hydrogens is 160 g/mol. The molecule has 0 spiro atoms. The number of rotatable bonds is 1. The predicted molar refractivity (Wildman–Crippen MR) is 56.2 cm³/mol. The SMILES string of the molecule is CC(C)c1c2ccccc2cn1N. The molecule has 0 aliphatic rings. The molecule has 2 rings (SSSR count). The number of nitrogens with zero attached hydrogens (tertiary/aromatic N) is 1. The molecule has 13 heavy (non-hydrogen) atoms. The van der Waals surface area contributed by atoms with Crippen LogP contribution in [0.1, 0.15) is 25.5 Å². The maximum atomic E-state index is 5.87. The largest absolute Gasteiger partial charge is 0.339 e. The van der Waals surface area contributed by atoms with Crippen LogP contribution in [0.2, 0.25) is 0 Å². The minimum Gasteiger partial charge on any atom is -0.339 e. The third kappa shape index (κ3) is 1.18. The molecule has 0 saturated heterocycles. The van der Waals surface area contributed by atoms with Crippen LogP contribution in [-0.2, 0) is 0 Å². The Morgan fingerprint density at radius 3 is 2.62 bits per heavy atom. The van der Waals surface area contributed by atoms with Gasteiger partial charge in [0.15, 0.2) is 0 Å². The first kappa shape index (κ1) is 8.17. The highest BCUT2D eigenvalue weighted by Gasteiger charge is 2.09. The highest BCUT2D eigenvalue weighted by atomic mass is 15.3. The number of benzene rings is 1. The smallest absolute Gasteiger partial charge is 0.0495 e. The van der Waals surface area contributed by atoms with Gasteiger partial charge in [-0.2, -0.15) is 0 Å². The Bertz CT molecular complexity index is 427. The second-order valence-electron chi connectivity index (χ2n) is 3.66. The lowest BCUT2D eigenvalue weighted by atomic mass is 10.1. The van der Waals surface area contributed by atoms with Gasteiger partial charge in [0.2, 0.25) is 0 Å². The molecule has 0 aliphatic carbocycles. The average molecular weight is 174 g/mol. The van der Waals surface area contributed by atoms with E-state index in [1.165, 1.54) is 16.5 Å². The van der Waals surface area contributed by atoms with E-state index < -0.39 is 0 Å². The van der Waals surface area contributed by atoms with Gasteiger partial charge in [0.25, 0.3) is 0 Å². The fraction of sp³-hybridized carbons (Fsp3) is 0.273. The topological polar surface area (TPSA) is 30.9 Å². The Morgan fingerprint density at radius 2 is 1.92 bits per heavy atom. The Kier molecular flexibility index (Phi) is 1.76. The Morgan fingerprint density at radius 1 is 1.23 bits per heavy atom. The minimum absolute atomic E-state index is 0.463. The van der Waals surface area contributed by atoms with E-state index in [9.17, 15) is 0 Å². The third-order valence-corrected chi connectivity index (χ3v) is 2.34. The zero-order valence-corrected chi connectivity index (χ0v) is 7.99. The molecule has 0 bridgehead atoms. The first-order chi connectivity index (χ1) is 6.20. The van der Waals surface area contributed by atoms with E-state index in [-0.39, 0.29) is 0 Å². The summed E-state index contributed by atoms with van der Waals surface area (Å²) in [6.07, 6.45) is 1.98. The Labute approximate surface area is 77.9 Å². The van der Waals surface area contributed by atoms with Gasteiger partial charge in [-0.25, -0.2) is 0 Å². The molecule has 0 amide bonds. The van der Waals surface area contributed by atoms with E-state index in [1.54, 1.807) is 4.68 Å². The van der Waals surface area contributed by atoms with Crippen LogP contribution >= 0.6 is 0 Å². The molecule has 2 heteroatoms. The van der Waals surface area contributed by atoms with Gasteiger partial charge in [0, 0.05) is 22.7 Å². The van der Waals surface area contributed by atoms with Crippen molar-refractivity contribution in [3.05, 3.63) is 36.2 Å². The highest BCUT2D eigenvalue weighted by Crippen LogP contribution is 2.25. The van der Waals surface area contributed by atoms with Crippen molar-refractivity contribution in [3.63, 3.8) is 0 Å². The molecule has 68 valence electrons. The van der Waals surface area contributed by atoms with Crippen molar-refractivity contribution in [3.8, 4) is 0 Å². The quantitative estimate of drug-likeness (QED) is 0.661. The molecule has 2 aromatic rings. The predicted octanol–water partition coefficient (Wildman–Crippen LogP) is 2.48. The van der Waals surface area contributed by atoms with E-state index in [0.717, 1.165) is 0 Å². The minimum atomic E-state index is 0.463.